The zero-order valence-corrected chi connectivity index (χ0v) is 33.3. The van der Waals surface area contributed by atoms with Gasteiger partial charge in [0.2, 0.25) is 0 Å². The third-order valence-electron chi connectivity index (χ3n) is 11.3. The molecule has 0 aromatic heterocycles. The molecule has 0 amide bonds. The van der Waals surface area contributed by atoms with E-state index in [-0.39, 0.29) is 35.8 Å². The molecule has 0 radical (unpaired) electrons. The number of hydrogen-bond donors (Lipinski definition) is 1. The van der Waals surface area contributed by atoms with Crippen molar-refractivity contribution >= 4 is 17.3 Å². The minimum Gasteiger partial charge on any atom is -0.392 e. The zero-order chi connectivity index (χ0) is 40.8. The van der Waals surface area contributed by atoms with Crippen molar-refractivity contribution in [3.63, 3.8) is 0 Å². The summed E-state index contributed by atoms with van der Waals surface area (Å²) in [6.07, 6.45) is 3.53. The van der Waals surface area contributed by atoms with E-state index in [1.54, 1.807) is 24.3 Å². The van der Waals surface area contributed by atoms with Crippen molar-refractivity contribution in [2.24, 2.45) is 17.8 Å². The molecule has 0 unspecified atom stereocenters. The molecule has 4 heteroatoms. The molecule has 0 aliphatic heterocycles. The van der Waals surface area contributed by atoms with E-state index in [2.05, 4.69) is 48.5 Å². The second-order valence-corrected chi connectivity index (χ2v) is 15.6. The Balaban J connectivity index is 1.10. The van der Waals surface area contributed by atoms with E-state index in [1.165, 1.54) is 0 Å². The van der Waals surface area contributed by atoms with Crippen molar-refractivity contribution in [2.45, 2.75) is 45.1 Å². The summed E-state index contributed by atoms with van der Waals surface area (Å²) in [4.78, 5) is 42.4. The van der Waals surface area contributed by atoms with Crippen LogP contribution in [0, 0.1) is 17.8 Å². The Kier molecular flexibility index (Phi) is 14.0. The van der Waals surface area contributed by atoms with E-state index in [4.69, 9.17) is 0 Å². The first-order chi connectivity index (χ1) is 28.9. The maximum absolute atomic E-state index is 14.2. The molecule has 0 aliphatic rings. The number of carbonyl (C=O) groups is 3. The zero-order valence-electron chi connectivity index (χ0n) is 33.3. The van der Waals surface area contributed by atoms with E-state index in [9.17, 15) is 19.5 Å². The first-order valence-electron chi connectivity index (χ1n) is 20.6. The SMILES string of the molecule is O=C(c1ccc(CO)cc1)C(Cc1ccc(C(=O)C(Cc2ccccc2)Cc2ccccc2)cc1)Cc1ccc(C(=O)C(Cc2ccccc2)Cc2ccccc2)cc1. The van der Waals surface area contributed by atoms with Gasteiger partial charge in [0.1, 0.15) is 0 Å². The van der Waals surface area contributed by atoms with Crippen LogP contribution in [0.2, 0.25) is 0 Å². The number of aliphatic hydroxyl groups excluding tert-OH is 1. The molecule has 7 aromatic rings. The average molecular weight is 775 g/mol. The van der Waals surface area contributed by atoms with Gasteiger partial charge in [-0.25, -0.2) is 0 Å². The second kappa shape index (κ2) is 20.3. The lowest BCUT2D eigenvalue weighted by Crippen LogP contribution is -2.22. The maximum Gasteiger partial charge on any atom is 0.166 e. The van der Waals surface area contributed by atoms with Crippen LogP contribution in [0.15, 0.2) is 194 Å². The number of aliphatic hydroxyl groups is 1. The largest absolute Gasteiger partial charge is 0.392 e. The van der Waals surface area contributed by atoms with Gasteiger partial charge in [-0.05, 0) is 77.5 Å². The number of hydrogen-bond acceptors (Lipinski definition) is 4. The van der Waals surface area contributed by atoms with Gasteiger partial charge in [-0.1, -0.05) is 194 Å². The number of rotatable bonds is 19. The Morgan fingerprint density at radius 1 is 0.288 bits per heavy atom. The van der Waals surface area contributed by atoms with Gasteiger partial charge in [0.15, 0.2) is 17.3 Å². The van der Waals surface area contributed by atoms with Crippen LogP contribution in [0.3, 0.4) is 0 Å². The summed E-state index contributed by atoms with van der Waals surface area (Å²) >= 11 is 0. The summed E-state index contributed by atoms with van der Waals surface area (Å²) in [5, 5.41) is 9.62. The van der Waals surface area contributed by atoms with Crippen LogP contribution >= 0.6 is 0 Å². The fraction of sp³-hybridized carbons (Fsp3) is 0.182. The van der Waals surface area contributed by atoms with Crippen LogP contribution < -0.4 is 0 Å². The molecule has 0 saturated carbocycles. The number of Topliss-reactive ketones (excluding diaryl/α,β-unsaturated/α-hetero) is 3. The van der Waals surface area contributed by atoms with E-state index >= 15 is 0 Å². The van der Waals surface area contributed by atoms with Crippen molar-refractivity contribution in [1.82, 2.24) is 0 Å². The van der Waals surface area contributed by atoms with Gasteiger partial charge < -0.3 is 5.11 Å². The standard InChI is InChI=1S/C55H50O4/c56-39-46-25-31-49(32-26-46)55(59)52(37-44-21-27-47(28-22-44)53(57)50(33-40-13-5-1-6-14-40)34-41-15-7-2-8-16-41)38-45-23-29-48(30-24-45)54(58)51(35-42-17-9-3-10-18-42)36-43-19-11-4-12-20-43/h1-32,50-52,56H,33-39H2. The van der Waals surface area contributed by atoms with Crippen LogP contribution in [0.5, 0.6) is 0 Å². The molecular weight excluding hydrogens is 725 g/mol. The van der Waals surface area contributed by atoms with Crippen LogP contribution in [0.25, 0.3) is 0 Å². The molecule has 0 heterocycles. The first-order valence-corrected chi connectivity index (χ1v) is 20.6. The van der Waals surface area contributed by atoms with Gasteiger partial charge in [0.25, 0.3) is 0 Å². The van der Waals surface area contributed by atoms with E-state index in [0.717, 1.165) is 38.9 Å². The molecule has 0 bridgehead atoms. The summed E-state index contributed by atoms with van der Waals surface area (Å²) in [6.45, 7) is -0.0941. The van der Waals surface area contributed by atoms with Crippen molar-refractivity contribution in [3.8, 4) is 0 Å². The summed E-state index contributed by atoms with van der Waals surface area (Å²) in [5.41, 5.74) is 9.09. The third kappa shape index (κ3) is 11.3. The van der Waals surface area contributed by atoms with Crippen LogP contribution in [0.4, 0.5) is 0 Å². The number of carbonyl (C=O) groups excluding carboxylic acids is 3. The Labute approximate surface area is 348 Å². The van der Waals surface area contributed by atoms with Crippen molar-refractivity contribution < 1.29 is 19.5 Å². The van der Waals surface area contributed by atoms with Crippen LogP contribution in [-0.4, -0.2) is 22.5 Å². The molecule has 0 fully saturated rings. The van der Waals surface area contributed by atoms with E-state index in [1.807, 2.05) is 121 Å². The summed E-state index contributed by atoms with van der Waals surface area (Å²) in [5.74, 6) is -0.625. The smallest absolute Gasteiger partial charge is 0.166 e. The Hall–Kier alpha value is -6.49. The van der Waals surface area contributed by atoms with Crippen molar-refractivity contribution in [3.05, 3.63) is 250 Å². The summed E-state index contributed by atoms with van der Waals surface area (Å²) < 4.78 is 0. The maximum atomic E-state index is 14.2. The van der Waals surface area contributed by atoms with Crippen molar-refractivity contribution in [2.75, 3.05) is 0 Å². The molecule has 0 saturated heterocycles. The second-order valence-electron chi connectivity index (χ2n) is 15.6. The van der Waals surface area contributed by atoms with E-state index in [0.29, 0.717) is 55.2 Å². The lowest BCUT2D eigenvalue weighted by molar-refractivity contribution is 0.0909. The van der Waals surface area contributed by atoms with Crippen molar-refractivity contribution in [1.29, 1.82) is 0 Å². The molecule has 1 N–H and O–H groups in total. The Bertz CT molecular complexity index is 2160. The predicted molar refractivity (Wildman–Crippen MR) is 237 cm³/mol. The highest BCUT2D eigenvalue weighted by Gasteiger charge is 2.25. The van der Waals surface area contributed by atoms with Gasteiger partial charge in [-0.2, -0.15) is 0 Å². The minimum absolute atomic E-state index is 0.00590. The third-order valence-corrected chi connectivity index (χ3v) is 11.3. The van der Waals surface area contributed by atoms with Gasteiger partial charge in [-0.3, -0.25) is 14.4 Å². The molecule has 4 nitrogen and oxygen atoms in total. The van der Waals surface area contributed by atoms with E-state index < -0.39 is 5.92 Å². The first kappa shape index (κ1) is 40.7. The Morgan fingerprint density at radius 2 is 0.492 bits per heavy atom. The molecule has 7 rings (SSSR count). The molecular formula is C55H50O4. The van der Waals surface area contributed by atoms with Crippen LogP contribution in [-0.2, 0) is 45.1 Å². The highest BCUT2D eigenvalue weighted by Crippen LogP contribution is 2.26. The molecule has 0 aliphatic carbocycles. The quantitative estimate of drug-likeness (QED) is 0.0831. The van der Waals surface area contributed by atoms with Gasteiger partial charge in [0, 0.05) is 34.4 Å². The monoisotopic (exact) mass is 774 g/mol. The van der Waals surface area contributed by atoms with Gasteiger partial charge >= 0.3 is 0 Å². The van der Waals surface area contributed by atoms with Crippen LogP contribution in [0.1, 0.15) is 70.0 Å². The summed E-state index contributed by atoms with van der Waals surface area (Å²) in [6, 6.07) is 63.3. The minimum atomic E-state index is -0.397. The lowest BCUT2D eigenvalue weighted by Gasteiger charge is -2.19. The molecule has 0 spiro atoms. The molecule has 294 valence electrons. The fourth-order valence-corrected chi connectivity index (χ4v) is 8.03. The topological polar surface area (TPSA) is 71.4 Å². The molecule has 0 atom stereocenters. The number of ketones is 3. The molecule has 59 heavy (non-hydrogen) atoms. The average Bonchev–Trinajstić information content (AvgIpc) is 3.29. The fourth-order valence-electron chi connectivity index (χ4n) is 8.03. The number of benzene rings is 7. The van der Waals surface area contributed by atoms with Gasteiger partial charge in [-0.15, -0.1) is 0 Å². The predicted octanol–water partition coefficient (Wildman–Crippen LogP) is 11.0. The Morgan fingerprint density at radius 3 is 0.712 bits per heavy atom. The lowest BCUT2D eigenvalue weighted by atomic mass is 9.83. The normalized spacial score (nSPS) is 11.3. The summed E-state index contributed by atoms with van der Waals surface area (Å²) in [7, 11) is 0. The van der Waals surface area contributed by atoms with Gasteiger partial charge in [0.05, 0.1) is 6.61 Å². The highest BCUT2D eigenvalue weighted by molar-refractivity contribution is 6.00. The molecule has 7 aromatic carbocycles. The highest BCUT2D eigenvalue weighted by atomic mass is 16.3.